The Balaban J connectivity index is 1.03. The first-order valence-electron chi connectivity index (χ1n) is 16.9. The number of fused-ring (bicyclic) bond motifs is 1. The molecule has 1 saturated carbocycles. The van der Waals surface area contributed by atoms with Gasteiger partial charge in [-0.2, -0.15) is 0 Å². The largest absolute Gasteiger partial charge is 0.485 e. The van der Waals surface area contributed by atoms with Crippen LogP contribution in [0.5, 0.6) is 5.75 Å². The number of hydrogen-bond acceptors (Lipinski definition) is 10. The molecule has 2 amide bonds. The molecule has 0 spiro atoms. The van der Waals surface area contributed by atoms with Crippen molar-refractivity contribution in [3.05, 3.63) is 64.4 Å². The molecule has 1 saturated heterocycles. The van der Waals surface area contributed by atoms with Gasteiger partial charge >= 0.3 is 0 Å². The molecule has 1 aliphatic carbocycles. The second-order valence-electron chi connectivity index (χ2n) is 12.9. The molecule has 47 heavy (non-hydrogen) atoms. The summed E-state index contributed by atoms with van der Waals surface area (Å²) in [5.74, 6) is 2.91. The maximum atomic E-state index is 13.4. The molecule has 12 nitrogen and oxygen atoms in total. The van der Waals surface area contributed by atoms with Crippen molar-refractivity contribution in [1.82, 2.24) is 25.1 Å². The zero-order valence-corrected chi connectivity index (χ0v) is 27.8. The van der Waals surface area contributed by atoms with Crippen LogP contribution in [-0.4, -0.2) is 94.6 Å². The number of aryl methyl sites for hydroxylation is 1. The average molecular weight is 646 g/mol. The third-order valence-corrected chi connectivity index (χ3v) is 9.68. The number of nitrogens with one attached hydrogen (secondary N) is 2. The minimum absolute atomic E-state index is 0.149. The third kappa shape index (κ3) is 7.87. The normalized spacial score (nSPS) is 17.5. The van der Waals surface area contributed by atoms with Gasteiger partial charge in [0.2, 0.25) is 5.91 Å². The summed E-state index contributed by atoms with van der Waals surface area (Å²) in [6.07, 6.45) is 5.46. The molecule has 1 atom stereocenters. The minimum Gasteiger partial charge on any atom is -0.485 e. The van der Waals surface area contributed by atoms with Gasteiger partial charge in [-0.1, -0.05) is 13.0 Å². The van der Waals surface area contributed by atoms with E-state index in [1.807, 2.05) is 30.9 Å². The standard InChI is InChI=1S/C35H47N7O5/c1-4-34(44)42-14-12-41(13-15-42)33-17-26(16-32(39-33)38-27-6-5-7-27)35(45)36-18-28(43)20-40-11-10-29-23(2)30(9-8-25(29)19-40)46-21-31-24(3)37-22-47-31/h8-9,16-17,22,27-28,43H,4-7,10-15,18-21H2,1-3H3,(H,36,45)(H,38,39). The molecule has 3 aliphatic rings. The van der Waals surface area contributed by atoms with Crippen LogP contribution in [0.3, 0.4) is 0 Å². The molecule has 12 heteroatoms. The van der Waals surface area contributed by atoms with Gasteiger partial charge in [0.1, 0.15) is 24.0 Å². The van der Waals surface area contributed by atoms with Crippen molar-refractivity contribution in [2.45, 2.75) is 78.2 Å². The Hall–Kier alpha value is -4.16. The summed E-state index contributed by atoms with van der Waals surface area (Å²) in [6, 6.07) is 8.09. The van der Waals surface area contributed by atoms with Gasteiger partial charge < -0.3 is 34.7 Å². The van der Waals surface area contributed by atoms with Gasteiger partial charge in [-0.15, -0.1) is 0 Å². The van der Waals surface area contributed by atoms with Crippen LogP contribution >= 0.6 is 0 Å². The highest BCUT2D eigenvalue weighted by molar-refractivity contribution is 5.95. The fraction of sp³-hybridized carbons (Fsp3) is 0.543. The monoisotopic (exact) mass is 645 g/mol. The van der Waals surface area contributed by atoms with E-state index < -0.39 is 6.10 Å². The van der Waals surface area contributed by atoms with Crippen LogP contribution < -0.4 is 20.3 Å². The Kier molecular flexibility index (Phi) is 10.3. The first-order valence-corrected chi connectivity index (χ1v) is 16.9. The van der Waals surface area contributed by atoms with Gasteiger partial charge in [0.25, 0.3) is 5.91 Å². The number of oxazole rings is 1. The number of ether oxygens (including phenoxy) is 1. The number of carbonyl (C=O) groups excluding carboxylic acids is 2. The van der Waals surface area contributed by atoms with Gasteiger partial charge in [0.15, 0.2) is 12.2 Å². The maximum absolute atomic E-state index is 13.4. The number of β-amino-alcohol motifs (C(OH)–C–C–N with tert-alkyl or cyclic N) is 1. The molecule has 3 N–H and O–H groups in total. The summed E-state index contributed by atoms with van der Waals surface area (Å²) >= 11 is 0. The third-order valence-electron chi connectivity index (χ3n) is 9.68. The number of nitrogens with zero attached hydrogens (tertiary/aromatic N) is 5. The zero-order valence-electron chi connectivity index (χ0n) is 27.8. The highest BCUT2D eigenvalue weighted by Gasteiger charge is 2.25. The SMILES string of the molecule is CCC(=O)N1CCN(c2cc(C(=O)NCC(O)CN3CCc4c(ccc(OCc5ocnc5C)c4C)C3)cc(NC3CCC3)n2)CC1. The first-order chi connectivity index (χ1) is 22.8. The van der Waals surface area contributed by atoms with E-state index >= 15 is 0 Å². The lowest BCUT2D eigenvalue weighted by Crippen LogP contribution is -2.49. The lowest BCUT2D eigenvalue weighted by atomic mass is 9.93. The fourth-order valence-electron chi connectivity index (χ4n) is 6.53. The number of aliphatic hydroxyl groups excluding tert-OH is 1. The predicted octanol–water partition coefficient (Wildman–Crippen LogP) is 3.44. The van der Waals surface area contributed by atoms with E-state index in [1.165, 1.54) is 23.9 Å². The number of piperazine rings is 1. The number of anilines is 2. The Labute approximate surface area is 276 Å². The molecule has 1 aromatic carbocycles. The number of hydrogen-bond donors (Lipinski definition) is 3. The van der Waals surface area contributed by atoms with E-state index in [2.05, 4.69) is 38.4 Å². The first kappa shape index (κ1) is 32.8. The summed E-state index contributed by atoms with van der Waals surface area (Å²) < 4.78 is 11.5. The Morgan fingerprint density at radius 1 is 1.13 bits per heavy atom. The quantitative estimate of drug-likeness (QED) is 0.269. The van der Waals surface area contributed by atoms with Crippen LogP contribution in [0.25, 0.3) is 0 Å². The molecule has 2 fully saturated rings. The van der Waals surface area contributed by atoms with Crippen molar-refractivity contribution in [3.8, 4) is 5.75 Å². The smallest absolute Gasteiger partial charge is 0.251 e. The lowest BCUT2D eigenvalue weighted by molar-refractivity contribution is -0.131. The Morgan fingerprint density at radius 2 is 1.94 bits per heavy atom. The van der Waals surface area contributed by atoms with E-state index in [-0.39, 0.29) is 18.4 Å². The number of aromatic nitrogens is 2. The van der Waals surface area contributed by atoms with Crippen LogP contribution in [0.15, 0.2) is 35.1 Å². The van der Waals surface area contributed by atoms with Crippen LogP contribution in [-0.2, 0) is 24.4 Å². The van der Waals surface area contributed by atoms with Crippen LogP contribution in [0.4, 0.5) is 11.6 Å². The van der Waals surface area contributed by atoms with Crippen molar-refractivity contribution in [2.24, 2.45) is 0 Å². The van der Waals surface area contributed by atoms with E-state index in [0.717, 1.165) is 60.9 Å². The average Bonchev–Trinajstić information content (AvgIpc) is 3.48. The Morgan fingerprint density at radius 3 is 2.64 bits per heavy atom. The van der Waals surface area contributed by atoms with Gasteiger partial charge in [-0.3, -0.25) is 14.5 Å². The van der Waals surface area contributed by atoms with Crippen molar-refractivity contribution in [2.75, 3.05) is 56.0 Å². The van der Waals surface area contributed by atoms with Gasteiger partial charge in [0, 0.05) is 70.4 Å². The fourth-order valence-corrected chi connectivity index (χ4v) is 6.53. The van der Waals surface area contributed by atoms with Crippen molar-refractivity contribution in [1.29, 1.82) is 0 Å². The molecule has 6 rings (SSSR count). The van der Waals surface area contributed by atoms with E-state index in [9.17, 15) is 14.7 Å². The summed E-state index contributed by atoms with van der Waals surface area (Å²) in [4.78, 5) is 40.8. The van der Waals surface area contributed by atoms with Crippen molar-refractivity contribution in [3.63, 3.8) is 0 Å². The van der Waals surface area contributed by atoms with E-state index in [0.29, 0.717) is 63.2 Å². The summed E-state index contributed by atoms with van der Waals surface area (Å²) in [5.41, 5.74) is 4.98. The van der Waals surface area contributed by atoms with Crippen molar-refractivity contribution < 1.29 is 23.8 Å². The number of pyridine rings is 1. The zero-order chi connectivity index (χ0) is 32.9. The Bertz CT molecular complexity index is 1560. The van der Waals surface area contributed by atoms with Crippen molar-refractivity contribution >= 4 is 23.5 Å². The molecular weight excluding hydrogens is 598 g/mol. The predicted molar refractivity (Wildman–Crippen MR) is 179 cm³/mol. The number of benzene rings is 1. The van der Waals surface area contributed by atoms with Gasteiger partial charge in [-0.05, 0) is 74.4 Å². The second kappa shape index (κ2) is 14.7. The molecule has 4 heterocycles. The number of rotatable bonds is 12. The maximum Gasteiger partial charge on any atom is 0.251 e. The van der Waals surface area contributed by atoms with Crippen LogP contribution in [0, 0.1) is 13.8 Å². The number of carbonyl (C=O) groups is 2. The molecule has 252 valence electrons. The molecule has 2 aromatic heterocycles. The summed E-state index contributed by atoms with van der Waals surface area (Å²) in [6.45, 7) is 11.0. The highest BCUT2D eigenvalue weighted by Crippen LogP contribution is 2.30. The molecule has 1 unspecified atom stereocenters. The topological polar surface area (TPSA) is 136 Å². The molecule has 0 radical (unpaired) electrons. The van der Waals surface area contributed by atoms with E-state index in [1.54, 1.807) is 6.07 Å². The van der Waals surface area contributed by atoms with Gasteiger partial charge in [0.05, 0.1) is 11.8 Å². The molecule has 2 aliphatic heterocycles. The molecule has 3 aromatic rings. The summed E-state index contributed by atoms with van der Waals surface area (Å²) in [5, 5.41) is 17.4. The second-order valence-corrected chi connectivity index (χ2v) is 12.9. The molecular formula is C35H47N7O5. The van der Waals surface area contributed by atoms with Crippen LogP contribution in [0.1, 0.15) is 71.1 Å². The number of aliphatic hydroxyl groups is 1. The summed E-state index contributed by atoms with van der Waals surface area (Å²) in [7, 11) is 0. The van der Waals surface area contributed by atoms with Crippen LogP contribution in [0.2, 0.25) is 0 Å². The lowest BCUT2D eigenvalue weighted by Gasteiger charge is -2.36. The molecule has 0 bridgehead atoms. The number of amides is 2. The highest BCUT2D eigenvalue weighted by atomic mass is 16.5. The minimum atomic E-state index is -0.715. The van der Waals surface area contributed by atoms with E-state index in [4.69, 9.17) is 14.1 Å². The van der Waals surface area contributed by atoms with Gasteiger partial charge in [-0.25, -0.2) is 9.97 Å².